The monoisotopic (exact) mass is 764 g/mol. The van der Waals surface area contributed by atoms with Crippen LogP contribution >= 0.6 is 0 Å². The third-order valence-corrected chi connectivity index (χ3v) is 14.4. The number of hydrogen-bond donors (Lipinski definition) is 2. The van der Waals surface area contributed by atoms with E-state index in [2.05, 4.69) is 44.2 Å². The minimum absolute atomic E-state index is 0.00212. The van der Waals surface area contributed by atoms with Gasteiger partial charge in [0.1, 0.15) is 17.0 Å². The van der Waals surface area contributed by atoms with Crippen molar-refractivity contribution in [2.75, 3.05) is 26.9 Å². The first kappa shape index (κ1) is 46.5. The fourth-order valence-corrected chi connectivity index (χ4v) is 7.04. The van der Waals surface area contributed by atoms with Gasteiger partial charge >= 0.3 is 12.2 Å². The topological polar surface area (TPSA) is 128 Å². The molecule has 0 aromatic heterocycles. The second-order valence-corrected chi connectivity index (χ2v) is 22.7. The maximum absolute atomic E-state index is 13.0. The molecule has 0 spiro atoms. The minimum Gasteiger partial charge on any atom is -0.497 e. The standard InChI is InChI=1S/C41H73N3O8Si/c1-39(2,3)51-37(46)42-36(43-38(47)52-40(4,5)6)44-27-20-21-34(44)33(30-50-53(11,12)41(7,8)9)35(45)22-18-16-14-13-15-17-19-28-49-29-31-23-25-32(48-10)26-24-31/h23-26,33-35,45H,13-22,27-30H2,1-12H3,(H,42,43,46,47)/t33-,34+,35-/m1/s1. The highest BCUT2D eigenvalue weighted by molar-refractivity contribution is 6.74. The zero-order valence-electron chi connectivity index (χ0n) is 35.1. The third kappa shape index (κ3) is 18.0. The molecule has 0 saturated carbocycles. The molecule has 304 valence electrons. The molecule has 1 aromatic carbocycles. The van der Waals surface area contributed by atoms with Gasteiger partial charge in [0.15, 0.2) is 8.32 Å². The lowest BCUT2D eigenvalue weighted by molar-refractivity contribution is 0.0275. The summed E-state index contributed by atoms with van der Waals surface area (Å²) in [5.41, 5.74) is -0.354. The van der Waals surface area contributed by atoms with Crippen molar-refractivity contribution in [1.29, 1.82) is 0 Å². The minimum atomic E-state index is -2.14. The van der Waals surface area contributed by atoms with Gasteiger partial charge in [-0.05, 0) is 103 Å². The van der Waals surface area contributed by atoms with Crippen LogP contribution in [0.4, 0.5) is 9.59 Å². The second kappa shape index (κ2) is 21.4. The van der Waals surface area contributed by atoms with Crippen molar-refractivity contribution >= 4 is 26.5 Å². The summed E-state index contributed by atoms with van der Waals surface area (Å²) in [5.74, 6) is 0.671. The number of amides is 2. The van der Waals surface area contributed by atoms with E-state index in [0.29, 0.717) is 26.2 Å². The van der Waals surface area contributed by atoms with Crippen molar-refractivity contribution in [3.05, 3.63) is 29.8 Å². The second-order valence-electron chi connectivity index (χ2n) is 17.9. The van der Waals surface area contributed by atoms with E-state index in [1.165, 1.54) is 6.42 Å². The van der Waals surface area contributed by atoms with E-state index in [1.54, 1.807) is 48.7 Å². The van der Waals surface area contributed by atoms with E-state index in [0.717, 1.165) is 69.3 Å². The number of hydrogen-bond acceptors (Lipinski definition) is 8. The molecule has 12 heteroatoms. The SMILES string of the molecule is COc1ccc(COCCCCCCCCC[C@@H](O)[C@H](CO[Si](C)(C)C(C)(C)C)[C@@H]2CCCN2/C(=N/C(=O)OC(C)(C)C)NC(=O)OC(C)(C)C)cc1. The molecule has 3 atom stereocenters. The molecule has 0 aliphatic carbocycles. The lowest BCUT2D eigenvalue weighted by atomic mass is 9.89. The van der Waals surface area contributed by atoms with Crippen LogP contribution in [0.2, 0.25) is 18.1 Å². The van der Waals surface area contributed by atoms with Crippen LogP contribution < -0.4 is 10.1 Å². The van der Waals surface area contributed by atoms with Gasteiger partial charge in [-0.1, -0.05) is 71.4 Å². The van der Waals surface area contributed by atoms with Crippen molar-refractivity contribution in [2.24, 2.45) is 10.9 Å². The zero-order chi connectivity index (χ0) is 39.9. The highest BCUT2D eigenvalue weighted by Crippen LogP contribution is 2.38. The molecule has 1 aliphatic heterocycles. The number of rotatable bonds is 18. The van der Waals surface area contributed by atoms with Gasteiger partial charge in [-0.2, -0.15) is 0 Å². The van der Waals surface area contributed by atoms with E-state index in [1.807, 2.05) is 29.2 Å². The molecule has 11 nitrogen and oxygen atoms in total. The molecule has 2 rings (SSSR count). The highest BCUT2D eigenvalue weighted by Gasteiger charge is 2.42. The van der Waals surface area contributed by atoms with E-state index in [9.17, 15) is 14.7 Å². The Labute approximate surface area is 322 Å². The molecular weight excluding hydrogens is 691 g/mol. The number of guanidine groups is 1. The number of carbonyl (C=O) groups is 2. The van der Waals surface area contributed by atoms with E-state index in [-0.39, 0.29) is 23.0 Å². The Morgan fingerprint density at radius 3 is 2.06 bits per heavy atom. The van der Waals surface area contributed by atoms with Gasteiger partial charge in [-0.15, -0.1) is 4.99 Å². The molecular formula is C41H73N3O8Si. The largest absolute Gasteiger partial charge is 0.497 e. The Hall–Kier alpha value is -2.67. The predicted octanol–water partition coefficient (Wildman–Crippen LogP) is 9.61. The molecule has 1 aromatic rings. The van der Waals surface area contributed by atoms with Gasteiger partial charge in [0.2, 0.25) is 5.96 Å². The first-order valence-corrected chi connectivity index (χ1v) is 22.6. The average molecular weight is 764 g/mol. The molecule has 0 radical (unpaired) electrons. The van der Waals surface area contributed by atoms with E-state index in [4.69, 9.17) is 23.4 Å². The van der Waals surface area contributed by atoms with Crippen molar-refractivity contribution in [2.45, 2.75) is 175 Å². The summed E-state index contributed by atoms with van der Waals surface area (Å²) in [5, 5.41) is 14.6. The van der Waals surface area contributed by atoms with E-state index >= 15 is 0 Å². The summed E-state index contributed by atoms with van der Waals surface area (Å²) in [4.78, 5) is 32.1. The Morgan fingerprint density at radius 2 is 1.49 bits per heavy atom. The number of aliphatic hydroxyl groups is 1. The smallest absolute Gasteiger partial charge is 0.437 e. The molecule has 53 heavy (non-hydrogen) atoms. The predicted molar refractivity (Wildman–Crippen MR) is 215 cm³/mol. The molecule has 1 aliphatic rings. The molecule has 1 saturated heterocycles. The number of methoxy groups -OCH3 is 1. The maximum atomic E-state index is 13.0. The molecule has 0 bridgehead atoms. The summed E-state index contributed by atoms with van der Waals surface area (Å²) in [6.45, 7) is 24.0. The van der Waals surface area contributed by atoms with Crippen molar-refractivity contribution in [3.63, 3.8) is 0 Å². The number of aliphatic hydroxyl groups excluding tert-OH is 1. The fourth-order valence-electron chi connectivity index (χ4n) is 6.00. The lowest BCUT2D eigenvalue weighted by Crippen LogP contribution is -2.53. The number of unbranched alkanes of at least 4 members (excludes halogenated alkanes) is 6. The normalized spacial score (nSPS) is 17.0. The number of benzene rings is 1. The lowest BCUT2D eigenvalue weighted by Gasteiger charge is -2.41. The van der Waals surface area contributed by atoms with Crippen LogP contribution in [-0.4, -0.2) is 86.7 Å². The average Bonchev–Trinajstić information content (AvgIpc) is 3.51. The van der Waals surface area contributed by atoms with Crippen molar-refractivity contribution < 1.29 is 38.1 Å². The van der Waals surface area contributed by atoms with Gasteiger partial charge in [-0.3, -0.25) is 5.32 Å². The van der Waals surface area contributed by atoms with Gasteiger partial charge in [0, 0.05) is 31.7 Å². The number of alkyl carbamates (subject to hydrolysis) is 1. The Bertz CT molecular complexity index is 1270. The third-order valence-electron chi connectivity index (χ3n) is 9.92. The quantitative estimate of drug-likeness (QED) is 0.0650. The van der Waals surface area contributed by atoms with Crippen LogP contribution in [-0.2, 0) is 25.2 Å². The summed E-state index contributed by atoms with van der Waals surface area (Å²) in [7, 11) is -0.475. The molecule has 2 N–H and O–H groups in total. The van der Waals surface area contributed by atoms with Crippen LogP contribution in [0.5, 0.6) is 5.75 Å². The molecule has 1 fully saturated rings. The van der Waals surface area contributed by atoms with E-state index < -0.39 is 37.8 Å². The zero-order valence-corrected chi connectivity index (χ0v) is 36.1. The summed E-state index contributed by atoms with van der Waals surface area (Å²) >= 11 is 0. The van der Waals surface area contributed by atoms with Gasteiger partial charge in [0.05, 0.1) is 19.8 Å². The van der Waals surface area contributed by atoms with Crippen LogP contribution in [0.15, 0.2) is 29.3 Å². The Kier molecular flexibility index (Phi) is 18.8. The Morgan fingerprint density at radius 1 is 0.906 bits per heavy atom. The molecule has 2 amide bonds. The Balaban J connectivity index is 2.03. The molecule has 1 heterocycles. The summed E-state index contributed by atoms with van der Waals surface area (Å²) in [6.07, 6.45) is 7.65. The number of nitrogens with one attached hydrogen (secondary N) is 1. The highest BCUT2D eigenvalue weighted by atomic mass is 28.4. The van der Waals surface area contributed by atoms with Gasteiger partial charge in [0.25, 0.3) is 0 Å². The van der Waals surface area contributed by atoms with Gasteiger partial charge in [-0.25, -0.2) is 9.59 Å². The van der Waals surface area contributed by atoms with Crippen LogP contribution in [0.3, 0.4) is 0 Å². The fraction of sp³-hybridized carbons (Fsp3) is 0.780. The summed E-state index contributed by atoms with van der Waals surface area (Å²) < 4.78 is 28.8. The van der Waals surface area contributed by atoms with Crippen molar-refractivity contribution in [3.8, 4) is 5.75 Å². The maximum Gasteiger partial charge on any atom is 0.437 e. The van der Waals surface area contributed by atoms with Gasteiger partial charge < -0.3 is 33.4 Å². The number of ether oxygens (including phenoxy) is 4. The first-order chi connectivity index (χ1) is 24.6. The van der Waals surface area contributed by atoms with Crippen LogP contribution in [0, 0.1) is 5.92 Å². The van der Waals surface area contributed by atoms with Crippen LogP contribution in [0.1, 0.15) is 132 Å². The number of aliphatic imine (C=N–C) groups is 1. The molecule has 0 unspecified atom stereocenters. The number of carbonyl (C=O) groups excluding carboxylic acids is 2. The number of nitrogens with zero attached hydrogens (tertiary/aromatic N) is 2. The first-order valence-electron chi connectivity index (χ1n) is 19.7. The van der Waals surface area contributed by atoms with Crippen LogP contribution in [0.25, 0.3) is 0 Å². The summed E-state index contributed by atoms with van der Waals surface area (Å²) in [6, 6.07) is 7.77. The number of likely N-dealkylation sites (tertiary alicyclic amines) is 1. The van der Waals surface area contributed by atoms with Crippen molar-refractivity contribution in [1.82, 2.24) is 10.2 Å².